The average Bonchev–Trinajstić information content (AvgIpc) is 3.32. The third-order valence-corrected chi connectivity index (χ3v) is 5.56. The molecule has 1 aliphatic heterocycles. The highest BCUT2D eigenvalue weighted by atomic mass is 32.1. The fourth-order valence-electron chi connectivity index (χ4n) is 3.32. The van der Waals surface area contributed by atoms with E-state index in [0.29, 0.717) is 18.1 Å². The molecule has 0 bridgehead atoms. The highest BCUT2D eigenvalue weighted by Gasteiger charge is 2.14. The first kappa shape index (κ1) is 17.2. The Morgan fingerprint density at radius 2 is 2.04 bits per heavy atom. The van der Waals surface area contributed by atoms with E-state index in [1.807, 2.05) is 24.3 Å². The maximum atomic E-state index is 12.3. The minimum atomic E-state index is -0.109. The molecule has 0 radical (unpaired) electrons. The van der Waals surface area contributed by atoms with Gasteiger partial charge in [-0.1, -0.05) is 18.6 Å². The number of aromatic nitrogens is 3. The Labute approximate surface area is 156 Å². The fraction of sp³-hybridized carbons (Fsp3) is 0.421. The number of para-hydroxylation sites is 2. The van der Waals surface area contributed by atoms with Gasteiger partial charge in [-0.25, -0.2) is 9.97 Å². The van der Waals surface area contributed by atoms with Crippen LogP contribution in [-0.4, -0.2) is 51.9 Å². The van der Waals surface area contributed by atoms with E-state index in [-0.39, 0.29) is 5.91 Å². The van der Waals surface area contributed by atoms with Crippen LogP contribution in [0, 0.1) is 0 Å². The van der Waals surface area contributed by atoms with Crippen LogP contribution in [0.4, 0.5) is 0 Å². The quantitative estimate of drug-likeness (QED) is 0.654. The van der Waals surface area contributed by atoms with Gasteiger partial charge in [-0.15, -0.1) is 11.3 Å². The molecule has 0 spiro atoms. The van der Waals surface area contributed by atoms with Crippen LogP contribution in [0.2, 0.25) is 0 Å². The molecule has 136 valence electrons. The van der Waals surface area contributed by atoms with Crippen LogP contribution in [0.15, 0.2) is 29.6 Å². The second-order valence-electron chi connectivity index (χ2n) is 6.65. The number of thiazole rings is 1. The number of carbonyl (C=O) groups is 1. The Morgan fingerprint density at radius 3 is 2.88 bits per heavy atom. The van der Waals surface area contributed by atoms with Crippen LogP contribution in [0.25, 0.3) is 21.9 Å². The lowest BCUT2D eigenvalue weighted by Crippen LogP contribution is -2.33. The minimum absolute atomic E-state index is 0.109. The van der Waals surface area contributed by atoms with Gasteiger partial charge in [-0.05, 0) is 51.0 Å². The standard InChI is InChI=1S/C19H23N5OS/c25-18(20-9-6-12-24-10-4-1-5-11-24)16-13-26-19(23-16)17-21-14-7-2-3-8-15(14)22-17/h2-3,7-8,13H,1,4-6,9-12H2,(H,20,25)(H,21,22). The zero-order chi connectivity index (χ0) is 17.8. The van der Waals surface area contributed by atoms with Crippen LogP contribution in [-0.2, 0) is 0 Å². The van der Waals surface area contributed by atoms with E-state index in [9.17, 15) is 4.79 Å². The molecule has 1 aromatic carbocycles. The number of benzene rings is 1. The number of carbonyl (C=O) groups excluding carboxylic acids is 1. The van der Waals surface area contributed by atoms with Crippen LogP contribution >= 0.6 is 11.3 Å². The van der Waals surface area contributed by atoms with Gasteiger partial charge in [0, 0.05) is 11.9 Å². The number of imidazole rings is 1. The first-order valence-corrected chi connectivity index (χ1v) is 10.1. The number of likely N-dealkylation sites (tertiary alicyclic amines) is 1. The van der Waals surface area contributed by atoms with E-state index < -0.39 is 0 Å². The molecular weight excluding hydrogens is 346 g/mol. The molecule has 6 nitrogen and oxygen atoms in total. The predicted molar refractivity (Wildman–Crippen MR) is 104 cm³/mol. The van der Waals surface area contributed by atoms with E-state index in [4.69, 9.17) is 0 Å². The van der Waals surface area contributed by atoms with Crippen LogP contribution in [0.3, 0.4) is 0 Å². The van der Waals surface area contributed by atoms with E-state index >= 15 is 0 Å². The lowest BCUT2D eigenvalue weighted by atomic mass is 10.1. The molecule has 2 N–H and O–H groups in total. The van der Waals surface area contributed by atoms with Crippen molar-refractivity contribution in [3.05, 3.63) is 35.3 Å². The smallest absolute Gasteiger partial charge is 0.270 e. The van der Waals surface area contributed by atoms with Crippen LogP contribution in [0.1, 0.15) is 36.2 Å². The molecule has 1 saturated heterocycles. The number of nitrogens with one attached hydrogen (secondary N) is 2. The van der Waals surface area contributed by atoms with Gasteiger partial charge in [0.05, 0.1) is 11.0 Å². The third-order valence-electron chi connectivity index (χ3n) is 4.71. The molecule has 3 aromatic rings. The summed E-state index contributed by atoms with van der Waals surface area (Å²) in [5, 5.41) is 5.51. The van der Waals surface area contributed by atoms with Crippen molar-refractivity contribution < 1.29 is 4.79 Å². The molecule has 26 heavy (non-hydrogen) atoms. The number of H-pyrrole nitrogens is 1. The van der Waals surface area contributed by atoms with Crippen molar-refractivity contribution in [1.82, 2.24) is 25.2 Å². The molecule has 7 heteroatoms. The van der Waals surface area contributed by atoms with E-state index in [2.05, 4.69) is 25.2 Å². The second-order valence-corrected chi connectivity index (χ2v) is 7.51. The number of hydrogen-bond donors (Lipinski definition) is 2. The monoisotopic (exact) mass is 369 g/mol. The molecule has 0 unspecified atom stereocenters. The molecule has 0 atom stereocenters. The average molecular weight is 369 g/mol. The molecule has 1 fully saturated rings. The van der Waals surface area contributed by atoms with Gasteiger partial charge in [-0.3, -0.25) is 4.79 Å². The highest BCUT2D eigenvalue weighted by molar-refractivity contribution is 7.13. The van der Waals surface area contributed by atoms with Crippen molar-refractivity contribution in [2.75, 3.05) is 26.2 Å². The van der Waals surface area contributed by atoms with Gasteiger partial charge in [0.15, 0.2) is 10.8 Å². The van der Waals surface area contributed by atoms with E-state index in [0.717, 1.165) is 29.0 Å². The van der Waals surface area contributed by atoms with E-state index in [1.54, 1.807) is 5.38 Å². The molecule has 0 saturated carbocycles. The maximum absolute atomic E-state index is 12.3. The molecule has 1 aliphatic rings. The zero-order valence-electron chi connectivity index (χ0n) is 14.7. The zero-order valence-corrected chi connectivity index (χ0v) is 15.5. The Kier molecular flexibility index (Phi) is 5.26. The summed E-state index contributed by atoms with van der Waals surface area (Å²) < 4.78 is 0. The van der Waals surface area contributed by atoms with E-state index in [1.165, 1.54) is 43.7 Å². The summed E-state index contributed by atoms with van der Waals surface area (Å²) in [6, 6.07) is 7.86. The first-order valence-electron chi connectivity index (χ1n) is 9.21. The summed E-state index contributed by atoms with van der Waals surface area (Å²) >= 11 is 1.43. The largest absolute Gasteiger partial charge is 0.351 e. The summed E-state index contributed by atoms with van der Waals surface area (Å²) in [6.45, 7) is 4.14. The number of piperidine rings is 1. The molecule has 3 heterocycles. The number of rotatable bonds is 6. The van der Waals surface area contributed by atoms with Crippen LogP contribution in [0.5, 0.6) is 0 Å². The lowest BCUT2D eigenvalue weighted by molar-refractivity contribution is 0.0947. The number of nitrogens with zero attached hydrogens (tertiary/aromatic N) is 3. The van der Waals surface area contributed by atoms with Gasteiger partial charge in [-0.2, -0.15) is 0 Å². The Bertz CT molecular complexity index is 848. The van der Waals surface area contributed by atoms with Crippen LogP contribution < -0.4 is 5.32 Å². The summed E-state index contributed by atoms with van der Waals surface area (Å²) in [7, 11) is 0. The molecular formula is C19H23N5OS. The van der Waals surface area contributed by atoms with Gasteiger partial charge >= 0.3 is 0 Å². The molecule has 2 aromatic heterocycles. The van der Waals surface area contributed by atoms with Crippen molar-refractivity contribution >= 4 is 28.3 Å². The van der Waals surface area contributed by atoms with Crippen molar-refractivity contribution in [3.63, 3.8) is 0 Å². The van der Waals surface area contributed by atoms with Crippen molar-refractivity contribution in [2.45, 2.75) is 25.7 Å². The molecule has 0 aliphatic carbocycles. The fourth-order valence-corrected chi connectivity index (χ4v) is 4.06. The molecule has 1 amide bonds. The number of fused-ring (bicyclic) bond motifs is 1. The normalized spacial score (nSPS) is 15.4. The van der Waals surface area contributed by atoms with Crippen molar-refractivity contribution in [2.24, 2.45) is 0 Å². The highest BCUT2D eigenvalue weighted by Crippen LogP contribution is 2.23. The number of aromatic amines is 1. The van der Waals surface area contributed by atoms with Crippen molar-refractivity contribution in [3.8, 4) is 10.8 Å². The summed E-state index contributed by atoms with van der Waals surface area (Å²) in [5.41, 5.74) is 2.34. The van der Waals surface area contributed by atoms with Gasteiger partial charge < -0.3 is 15.2 Å². The SMILES string of the molecule is O=C(NCCCN1CCCCC1)c1csc(-c2nc3ccccc3[nH]2)n1. The summed E-state index contributed by atoms with van der Waals surface area (Å²) in [6.07, 6.45) is 4.93. The predicted octanol–water partition coefficient (Wildman–Crippen LogP) is 3.29. The third kappa shape index (κ3) is 3.94. The lowest BCUT2D eigenvalue weighted by Gasteiger charge is -2.26. The molecule has 4 rings (SSSR count). The second kappa shape index (κ2) is 7.97. The Morgan fingerprint density at radius 1 is 1.19 bits per heavy atom. The maximum Gasteiger partial charge on any atom is 0.270 e. The Balaban J connectivity index is 1.31. The minimum Gasteiger partial charge on any atom is -0.351 e. The van der Waals surface area contributed by atoms with Gasteiger partial charge in [0.25, 0.3) is 5.91 Å². The van der Waals surface area contributed by atoms with Gasteiger partial charge in [0.1, 0.15) is 5.69 Å². The van der Waals surface area contributed by atoms with Gasteiger partial charge in [0.2, 0.25) is 0 Å². The van der Waals surface area contributed by atoms with Crippen molar-refractivity contribution in [1.29, 1.82) is 0 Å². The Hall–Kier alpha value is -2.25. The summed E-state index contributed by atoms with van der Waals surface area (Å²) in [5.74, 6) is 0.600. The summed E-state index contributed by atoms with van der Waals surface area (Å²) in [4.78, 5) is 27.0. The number of hydrogen-bond acceptors (Lipinski definition) is 5. The number of amides is 1. The first-order chi connectivity index (χ1) is 12.8. The topological polar surface area (TPSA) is 73.9 Å².